The van der Waals surface area contributed by atoms with Crippen molar-refractivity contribution in [1.29, 1.82) is 0 Å². The molecule has 11 heteroatoms. The average molecular weight is 560 g/mol. The largest absolute Gasteiger partial charge is 0.461 e. The van der Waals surface area contributed by atoms with Crippen LogP contribution in [-0.2, 0) is 35.3 Å². The Morgan fingerprint density at radius 1 is 1.14 bits per heavy atom. The summed E-state index contributed by atoms with van der Waals surface area (Å²) in [5.74, 6) is -0.637. The fraction of sp³-hybridized carbons (Fsp3) is 0.692. The van der Waals surface area contributed by atoms with Crippen LogP contribution in [-0.4, -0.2) is 81.5 Å². The quantitative estimate of drug-likeness (QED) is 0.158. The molecular weight excluding hydrogens is 514 g/mol. The van der Waals surface area contributed by atoms with Gasteiger partial charge in [-0.3, -0.25) is 4.79 Å². The summed E-state index contributed by atoms with van der Waals surface area (Å²) < 4.78 is 34.9. The molecule has 0 saturated carbocycles. The van der Waals surface area contributed by atoms with E-state index in [4.69, 9.17) is 15.2 Å². The maximum Gasteiger partial charge on any atom is 0.328 e. The Labute approximate surface area is 228 Å². The monoisotopic (exact) mass is 559 g/mol. The molecule has 1 aromatic rings. The van der Waals surface area contributed by atoms with Crippen LogP contribution >= 0.6 is 12.6 Å². The molecule has 37 heavy (non-hydrogen) atoms. The summed E-state index contributed by atoms with van der Waals surface area (Å²) in [6, 6.07) is 8.17. The lowest BCUT2D eigenvalue weighted by Gasteiger charge is -2.28. The Kier molecular flexibility index (Phi) is 15.4. The summed E-state index contributed by atoms with van der Waals surface area (Å²) in [5, 5.41) is 6.11. The molecule has 4 N–H and O–H groups in total. The molecule has 0 unspecified atom stereocenters. The SMILES string of the molecule is CC[C@H](C)[C@@H](CO[C@@H](Cc1ccccc1)C(=O)N[C@@H](CCS(C)(=O)=O)C(=O)OC(C)C)NC[C@@H](N)CS. The smallest absolute Gasteiger partial charge is 0.328 e. The summed E-state index contributed by atoms with van der Waals surface area (Å²) in [5.41, 5.74) is 6.91. The van der Waals surface area contributed by atoms with E-state index in [2.05, 4.69) is 37.1 Å². The fourth-order valence-corrected chi connectivity index (χ4v) is 4.30. The maximum atomic E-state index is 13.4. The molecule has 1 aromatic carbocycles. The first-order valence-electron chi connectivity index (χ1n) is 12.8. The molecule has 0 radical (unpaired) electrons. The van der Waals surface area contributed by atoms with Crippen molar-refractivity contribution in [3.63, 3.8) is 0 Å². The highest BCUT2D eigenvalue weighted by Gasteiger charge is 2.30. The third-order valence-corrected chi connectivity index (χ3v) is 7.42. The normalized spacial score (nSPS) is 16.0. The molecule has 0 aliphatic carbocycles. The van der Waals surface area contributed by atoms with Crippen LogP contribution in [0.5, 0.6) is 0 Å². The van der Waals surface area contributed by atoms with E-state index in [0.29, 0.717) is 12.3 Å². The second kappa shape index (κ2) is 17.0. The van der Waals surface area contributed by atoms with Crippen molar-refractivity contribution in [2.75, 3.05) is 30.9 Å². The van der Waals surface area contributed by atoms with Gasteiger partial charge in [-0.05, 0) is 31.7 Å². The van der Waals surface area contributed by atoms with Crippen molar-refractivity contribution < 1.29 is 27.5 Å². The highest BCUT2D eigenvalue weighted by Crippen LogP contribution is 2.13. The Balaban J connectivity index is 3.08. The molecule has 0 aromatic heterocycles. The molecule has 0 heterocycles. The van der Waals surface area contributed by atoms with E-state index in [1.165, 1.54) is 0 Å². The number of sulfone groups is 1. The van der Waals surface area contributed by atoms with Gasteiger partial charge in [-0.1, -0.05) is 50.6 Å². The van der Waals surface area contributed by atoms with Gasteiger partial charge in [0.25, 0.3) is 0 Å². The molecule has 9 nitrogen and oxygen atoms in total. The molecule has 0 aliphatic heterocycles. The van der Waals surface area contributed by atoms with Crippen LogP contribution in [0.4, 0.5) is 0 Å². The standard InChI is InChI=1S/C26H45N3O6S2/c1-6-19(4)23(28-15-21(27)17-36)16-34-24(14-20-10-8-7-9-11-20)25(30)29-22(12-13-37(5,32)33)26(31)35-18(2)3/h7-11,18-19,21-24,28,36H,6,12-17,27H2,1-5H3,(H,29,30)/t19-,21+,22-,23+,24-/m0/s1. The average Bonchev–Trinajstić information content (AvgIpc) is 2.84. The predicted molar refractivity (Wildman–Crippen MR) is 150 cm³/mol. The number of hydrogen-bond donors (Lipinski definition) is 4. The lowest BCUT2D eigenvalue weighted by molar-refractivity contribution is -0.153. The number of amides is 1. The van der Waals surface area contributed by atoms with Gasteiger partial charge in [-0.15, -0.1) is 0 Å². The first-order chi connectivity index (χ1) is 17.4. The van der Waals surface area contributed by atoms with Crippen molar-refractivity contribution in [2.45, 2.75) is 77.3 Å². The van der Waals surface area contributed by atoms with Gasteiger partial charge in [0.2, 0.25) is 5.91 Å². The van der Waals surface area contributed by atoms with Gasteiger partial charge < -0.3 is 25.8 Å². The van der Waals surface area contributed by atoms with Crippen LogP contribution in [0.2, 0.25) is 0 Å². The number of hydrogen-bond acceptors (Lipinski definition) is 9. The lowest BCUT2D eigenvalue weighted by Crippen LogP contribution is -2.50. The van der Waals surface area contributed by atoms with Crippen LogP contribution in [0.3, 0.4) is 0 Å². The summed E-state index contributed by atoms with van der Waals surface area (Å²) in [6.07, 6.45) is 0.875. The van der Waals surface area contributed by atoms with E-state index in [-0.39, 0.29) is 43.2 Å². The van der Waals surface area contributed by atoms with Gasteiger partial charge in [-0.2, -0.15) is 12.6 Å². The van der Waals surface area contributed by atoms with E-state index in [0.717, 1.165) is 18.2 Å². The molecule has 0 spiro atoms. The van der Waals surface area contributed by atoms with E-state index in [9.17, 15) is 18.0 Å². The van der Waals surface area contributed by atoms with Crippen molar-refractivity contribution in [2.24, 2.45) is 11.7 Å². The zero-order valence-corrected chi connectivity index (χ0v) is 24.4. The third kappa shape index (κ3) is 14.2. The number of esters is 1. The van der Waals surface area contributed by atoms with Gasteiger partial charge in [0.05, 0.1) is 18.5 Å². The van der Waals surface area contributed by atoms with Crippen molar-refractivity contribution in [3.05, 3.63) is 35.9 Å². The second-order valence-corrected chi connectivity index (χ2v) is 12.4. The second-order valence-electron chi connectivity index (χ2n) is 9.82. The maximum absolute atomic E-state index is 13.4. The van der Waals surface area contributed by atoms with Gasteiger partial charge in [0, 0.05) is 37.1 Å². The molecular formula is C26H45N3O6S2. The Hall–Kier alpha value is -1.66. The topological polar surface area (TPSA) is 137 Å². The lowest BCUT2D eigenvalue weighted by atomic mass is 9.99. The number of nitrogens with one attached hydrogen (secondary N) is 2. The summed E-state index contributed by atoms with van der Waals surface area (Å²) in [6.45, 7) is 8.38. The fourth-order valence-electron chi connectivity index (χ4n) is 3.51. The van der Waals surface area contributed by atoms with Gasteiger partial charge in [0.15, 0.2) is 0 Å². The van der Waals surface area contributed by atoms with Gasteiger partial charge >= 0.3 is 5.97 Å². The van der Waals surface area contributed by atoms with E-state index < -0.39 is 40.0 Å². The van der Waals surface area contributed by atoms with E-state index in [1.54, 1.807) is 13.8 Å². The summed E-state index contributed by atoms with van der Waals surface area (Å²) in [7, 11) is -3.35. The van der Waals surface area contributed by atoms with Gasteiger partial charge in [0.1, 0.15) is 22.0 Å². The van der Waals surface area contributed by atoms with Crippen molar-refractivity contribution in [3.8, 4) is 0 Å². The minimum atomic E-state index is -3.35. The van der Waals surface area contributed by atoms with Crippen LogP contribution < -0.4 is 16.4 Å². The number of carbonyl (C=O) groups excluding carboxylic acids is 2. The molecule has 212 valence electrons. The summed E-state index contributed by atoms with van der Waals surface area (Å²) in [4.78, 5) is 26.1. The van der Waals surface area contributed by atoms with Crippen molar-refractivity contribution in [1.82, 2.24) is 10.6 Å². The molecule has 0 aliphatic rings. The van der Waals surface area contributed by atoms with Crippen LogP contribution in [0.1, 0.15) is 46.1 Å². The highest BCUT2D eigenvalue weighted by molar-refractivity contribution is 7.90. The Morgan fingerprint density at radius 2 is 1.78 bits per heavy atom. The Morgan fingerprint density at radius 3 is 2.32 bits per heavy atom. The molecule has 0 fully saturated rings. The Bertz CT molecular complexity index is 914. The highest BCUT2D eigenvalue weighted by atomic mass is 32.2. The van der Waals surface area contributed by atoms with Crippen LogP contribution in [0, 0.1) is 5.92 Å². The number of nitrogens with two attached hydrogens (primary N) is 1. The van der Waals surface area contributed by atoms with Crippen LogP contribution in [0.15, 0.2) is 30.3 Å². The number of rotatable bonds is 18. The number of ether oxygens (including phenoxy) is 2. The molecule has 5 atom stereocenters. The first kappa shape index (κ1) is 33.4. The molecule has 0 saturated heterocycles. The minimum absolute atomic E-state index is 0.0473. The molecule has 0 bridgehead atoms. The van der Waals surface area contributed by atoms with Crippen molar-refractivity contribution >= 4 is 34.3 Å². The van der Waals surface area contributed by atoms with Crippen LogP contribution in [0.25, 0.3) is 0 Å². The number of carbonyl (C=O) groups is 2. The zero-order chi connectivity index (χ0) is 28.0. The van der Waals surface area contributed by atoms with E-state index >= 15 is 0 Å². The molecule has 1 amide bonds. The predicted octanol–water partition coefficient (Wildman–Crippen LogP) is 1.75. The zero-order valence-electron chi connectivity index (χ0n) is 22.7. The summed E-state index contributed by atoms with van der Waals surface area (Å²) >= 11 is 4.24. The minimum Gasteiger partial charge on any atom is -0.461 e. The number of benzene rings is 1. The number of thiol groups is 1. The first-order valence-corrected chi connectivity index (χ1v) is 15.5. The molecule has 1 rings (SSSR count). The van der Waals surface area contributed by atoms with E-state index in [1.807, 2.05) is 30.3 Å². The van der Waals surface area contributed by atoms with Gasteiger partial charge in [-0.25, -0.2) is 13.2 Å². The third-order valence-electron chi connectivity index (χ3n) is 5.97.